The number of hydrogen-bond acceptors (Lipinski definition) is 3. The Bertz CT molecular complexity index is 334. The molecule has 1 aliphatic carbocycles. The van der Waals surface area contributed by atoms with Crippen LogP contribution in [-0.2, 0) is 4.79 Å². The second-order valence-electron chi connectivity index (χ2n) is 7.06. The predicted octanol–water partition coefficient (Wildman–Crippen LogP) is 1.60. The summed E-state index contributed by atoms with van der Waals surface area (Å²) in [6, 6.07) is 0.853. The summed E-state index contributed by atoms with van der Waals surface area (Å²) < 4.78 is 0. The Morgan fingerprint density at radius 1 is 1.30 bits per heavy atom. The summed E-state index contributed by atoms with van der Waals surface area (Å²) in [6.07, 6.45) is 4.81. The number of carbonyl (C=O) groups is 1. The van der Waals surface area contributed by atoms with Crippen LogP contribution in [0.3, 0.4) is 0 Å². The van der Waals surface area contributed by atoms with Crippen molar-refractivity contribution in [2.75, 3.05) is 19.6 Å². The molecule has 0 bridgehead atoms. The molecule has 2 rings (SSSR count). The van der Waals surface area contributed by atoms with Gasteiger partial charge in [0.1, 0.15) is 0 Å². The van der Waals surface area contributed by atoms with Crippen molar-refractivity contribution in [3.05, 3.63) is 0 Å². The average molecular weight is 281 g/mol. The summed E-state index contributed by atoms with van der Waals surface area (Å²) >= 11 is 0. The topological polar surface area (TPSA) is 58.4 Å². The quantitative estimate of drug-likeness (QED) is 0.823. The number of carbonyl (C=O) groups excluding carboxylic acids is 1. The molecule has 4 heteroatoms. The largest absolute Gasteiger partial charge is 0.352 e. The van der Waals surface area contributed by atoms with Gasteiger partial charge >= 0.3 is 0 Å². The molecule has 0 aromatic heterocycles. The van der Waals surface area contributed by atoms with Crippen LogP contribution in [0.25, 0.3) is 0 Å². The van der Waals surface area contributed by atoms with Crippen LogP contribution in [0.15, 0.2) is 0 Å². The zero-order valence-corrected chi connectivity index (χ0v) is 13.3. The summed E-state index contributed by atoms with van der Waals surface area (Å²) in [6.45, 7) is 9.03. The van der Waals surface area contributed by atoms with Gasteiger partial charge in [-0.1, -0.05) is 26.7 Å². The number of nitrogens with one attached hydrogen (secondary N) is 1. The number of nitrogens with zero attached hydrogens (tertiary/aromatic N) is 1. The molecule has 0 spiro atoms. The van der Waals surface area contributed by atoms with Gasteiger partial charge < -0.3 is 11.1 Å². The lowest BCUT2D eigenvalue weighted by Gasteiger charge is -2.35. The molecule has 5 atom stereocenters. The maximum atomic E-state index is 12.3. The van der Waals surface area contributed by atoms with E-state index in [2.05, 4.69) is 31.0 Å². The van der Waals surface area contributed by atoms with Gasteiger partial charge in [0.2, 0.25) is 5.91 Å². The molecule has 5 unspecified atom stereocenters. The first-order valence-electron chi connectivity index (χ1n) is 8.24. The van der Waals surface area contributed by atoms with E-state index < -0.39 is 0 Å². The lowest BCUT2D eigenvalue weighted by atomic mass is 9.78. The molecule has 4 nitrogen and oxygen atoms in total. The summed E-state index contributed by atoms with van der Waals surface area (Å²) in [7, 11) is 0. The molecular weight excluding hydrogens is 250 g/mol. The molecule has 20 heavy (non-hydrogen) atoms. The summed E-state index contributed by atoms with van der Waals surface area (Å²) in [5.41, 5.74) is 5.74. The SMILES string of the molecule is CC1CCCC(NC(=O)CN2CC(CN)CC2C)C1C. The lowest BCUT2D eigenvalue weighted by Crippen LogP contribution is -2.47. The van der Waals surface area contributed by atoms with Crippen LogP contribution in [0.5, 0.6) is 0 Å². The first kappa shape index (κ1) is 15.8. The third-order valence-corrected chi connectivity index (χ3v) is 5.52. The van der Waals surface area contributed by atoms with Crippen LogP contribution in [0.2, 0.25) is 0 Å². The van der Waals surface area contributed by atoms with Crippen molar-refractivity contribution in [1.82, 2.24) is 10.2 Å². The van der Waals surface area contributed by atoms with E-state index in [9.17, 15) is 4.79 Å². The van der Waals surface area contributed by atoms with E-state index in [1.165, 1.54) is 12.8 Å². The van der Waals surface area contributed by atoms with Gasteiger partial charge in [-0.15, -0.1) is 0 Å². The molecule has 2 fully saturated rings. The van der Waals surface area contributed by atoms with Gasteiger partial charge in [-0.25, -0.2) is 0 Å². The maximum Gasteiger partial charge on any atom is 0.234 e. The molecular formula is C16H31N3O. The molecule has 0 radical (unpaired) electrons. The third kappa shape index (κ3) is 3.73. The lowest BCUT2D eigenvalue weighted by molar-refractivity contribution is -0.123. The molecule has 1 heterocycles. The Morgan fingerprint density at radius 2 is 2.05 bits per heavy atom. The van der Waals surface area contributed by atoms with Crippen molar-refractivity contribution in [2.45, 2.75) is 58.5 Å². The Hall–Kier alpha value is -0.610. The zero-order valence-electron chi connectivity index (χ0n) is 13.3. The van der Waals surface area contributed by atoms with Gasteiger partial charge in [-0.2, -0.15) is 0 Å². The number of nitrogens with two attached hydrogens (primary N) is 1. The van der Waals surface area contributed by atoms with Crippen molar-refractivity contribution < 1.29 is 4.79 Å². The summed E-state index contributed by atoms with van der Waals surface area (Å²) in [5.74, 6) is 2.08. The third-order valence-electron chi connectivity index (χ3n) is 5.52. The van der Waals surface area contributed by atoms with Gasteiger partial charge in [0.25, 0.3) is 0 Å². The molecule has 1 aliphatic heterocycles. The highest BCUT2D eigenvalue weighted by Gasteiger charge is 2.31. The van der Waals surface area contributed by atoms with Crippen molar-refractivity contribution in [3.63, 3.8) is 0 Å². The van der Waals surface area contributed by atoms with Crippen molar-refractivity contribution in [3.8, 4) is 0 Å². The highest BCUT2D eigenvalue weighted by molar-refractivity contribution is 5.78. The minimum Gasteiger partial charge on any atom is -0.352 e. The number of hydrogen-bond donors (Lipinski definition) is 2. The van der Waals surface area contributed by atoms with Crippen molar-refractivity contribution in [1.29, 1.82) is 0 Å². The van der Waals surface area contributed by atoms with E-state index in [1.807, 2.05) is 0 Å². The van der Waals surface area contributed by atoms with E-state index in [0.717, 1.165) is 31.8 Å². The zero-order chi connectivity index (χ0) is 14.7. The van der Waals surface area contributed by atoms with Gasteiger partial charge in [0.05, 0.1) is 6.54 Å². The van der Waals surface area contributed by atoms with E-state index in [1.54, 1.807) is 0 Å². The molecule has 1 saturated carbocycles. The molecule has 2 aliphatic rings. The Labute approximate surface area is 123 Å². The van der Waals surface area contributed by atoms with Crippen LogP contribution in [-0.4, -0.2) is 42.5 Å². The molecule has 116 valence electrons. The standard InChI is InChI=1S/C16H31N3O/c1-11-5-4-6-15(13(11)3)18-16(20)10-19-9-14(8-17)7-12(19)2/h11-15H,4-10,17H2,1-3H3,(H,18,20). The molecule has 3 N–H and O–H groups in total. The van der Waals surface area contributed by atoms with Gasteiger partial charge in [0.15, 0.2) is 0 Å². The number of rotatable bonds is 4. The highest BCUT2D eigenvalue weighted by atomic mass is 16.2. The first-order valence-corrected chi connectivity index (χ1v) is 8.24. The monoisotopic (exact) mass is 281 g/mol. The van der Waals surface area contributed by atoms with Crippen LogP contribution in [0.4, 0.5) is 0 Å². The Kier molecular flexibility index (Phi) is 5.44. The van der Waals surface area contributed by atoms with Gasteiger partial charge in [0, 0.05) is 18.6 Å². The number of likely N-dealkylation sites (tertiary alicyclic amines) is 1. The average Bonchev–Trinajstić information content (AvgIpc) is 2.76. The van der Waals surface area contributed by atoms with Gasteiger partial charge in [-0.05, 0) is 44.1 Å². The molecule has 0 aromatic rings. The summed E-state index contributed by atoms with van der Waals surface area (Å²) in [5, 5.41) is 3.27. The number of amides is 1. The van der Waals surface area contributed by atoms with Crippen molar-refractivity contribution in [2.24, 2.45) is 23.5 Å². The van der Waals surface area contributed by atoms with Crippen molar-refractivity contribution >= 4 is 5.91 Å². The Morgan fingerprint density at radius 3 is 2.70 bits per heavy atom. The fraction of sp³-hybridized carbons (Fsp3) is 0.938. The van der Waals surface area contributed by atoms with E-state index in [4.69, 9.17) is 5.73 Å². The smallest absolute Gasteiger partial charge is 0.234 e. The first-order chi connectivity index (χ1) is 9.51. The van der Waals surface area contributed by atoms with Gasteiger partial charge in [-0.3, -0.25) is 9.69 Å². The van der Waals surface area contributed by atoms with E-state index >= 15 is 0 Å². The fourth-order valence-corrected chi connectivity index (χ4v) is 3.83. The fourth-order valence-electron chi connectivity index (χ4n) is 3.83. The minimum absolute atomic E-state index is 0.195. The van der Waals surface area contributed by atoms with Crippen LogP contribution < -0.4 is 11.1 Å². The second-order valence-corrected chi connectivity index (χ2v) is 7.06. The summed E-state index contributed by atoms with van der Waals surface area (Å²) in [4.78, 5) is 14.6. The molecule has 1 amide bonds. The minimum atomic E-state index is 0.195. The highest BCUT2D eigenvalue weighted by Crippen LogP contribution is 2.29. The Balaban J connectivity index is 1.80. The molecule has 1 saturated heterocycles. The normalized spacial score (nSPS) is 38.9. The van der Waals surface area contributed by atoms with E-state index in [-0.39, 0.29) is 5.91 Å². The van der Waals surface area contributed by atoms with E-state index in [0.29, 0.717) is 30.5 Å². The van der Waals surface area contributed by atoms with Crippen LogP contribution in [0, 0.1) is 17.8 Å². The maximum absolute atomic E-state index is 12.3. The second kappa shape index (κ2) is 6.90. The predicted molar refractivity (Wildman–Crippen MR) is 82.3 cm³/mol. The van der Waals surface area contributed by atoms with Crippen LogP contribution in [0.1, 0.15) is 46.5 Å². The molecule has 0 aromatic carbocycles. The van der Waals surface area contributed by atoms with Crippen LogP contribution >= 0.6 is 0 Å².